The van der Waals surface area contributed by atoms with Crippen LogP contribution in [0.3, 0.4) is 0 Å². The lowest BCUT2D eigenvalue weighted by molar-refractivity contribution is 0.0695. The summed E-state index contributed by atoms with van der Waals surface area (Å²) >= 11 is 0. The number of aryl methyl sites for hydroxylation is 1. The number of aromatic carboxylic acids is 1. The lowest BCUT2D eigenvalue weighted by atomic mass is 10.1. The molecule has 3 aromatic carbocycles. The first-order chi connectivity index (χ1) is 17.4. The Labute approximate surface area is 208 Å². The van der Waals surface area contributed by atoms with E-state index in [1.54, 1.807) is 30.9 Å². The molecule has 4 aromatic rings. The number of methoxy groups -OCH3 is 2. The third-order valence-corrected chi connectivity index (χ3v) is 5.82. The van der Waals surface area contributed by atoms with Crippen molar-refractivity contribution < 1.29 is 28.8 Å². The van der Waals surface area contributed by atoms with Gasteiger partial charge in [0.25, 0.3) is 0 Å². The van der Waals surface area contributed by atoms with Gasteiger partial charge in [0.1, 0.15) is 30.3 Å². The van der Waals surface area contributed by atoms with Crippen molar-refractivity contribution in [1.82, 2.24) is 4.57 Å². The van der Waals surface area contributed by atoms with E-state index in [1.807, 2.05) is 55.5 Å². The van der Waals surface area contributed by atoms with Crippen LogP contribution in [0.15, 0.2) is 71.7 Å². The van der Waals surface area contributed by atoms with Crippen molar-refractivity contribution in [2.24, 2.45) is 0 Å². The third kappa shape index (κ3) is 5.27. The van der Waals surface area contributed by atoms with Crippen molar-refractivity contribution in [3.63, 3.8) is 0 Å². The van der Waals surface area contributed by atoms with E-state index in [-0.39, 0.29) is 24.2 Å². The molecule has 0 atom stereocenters. The van der Waals surface area contributed by atoms with E-state index >= 15 is 0 Å². The number of ether oxygens (including phenoxy) is 4. The van der Waals surface area contributed by atoms with Crippen LogP contribution >= 0.6 is 0 Å². The molecule has 0 unspecified atom stereocenters. The summed E-state index contributed by atoms with van der Waals surface area (Å²) in [5.41, 5.74) is 1.51. The summed E-state index contributed by atoms with van der Waals surface area (Å²) in [6.45, 7) is 2.83. The molecule has 1 heterocycles. The predicted molar refractivity (Wildman–Crippen MR) is 135 cm³/mol. The number of aromatic nitrogens is 1. The molecule has 0 radical (unpaired) electrons. The van der Waals surface area contributed by atoms with Gasteiger partial charge in [-0.05, 0) is 48.4 Å². The van der Waals surface area contributed by atoms with Crippen LogP contribution in [-0.2, 0) is 19.8 Å². The molecule has 0 saturated carbocycles. The number of rotatable bonds is 10. The van der Waals surface area contributed by atoms with E-state index in [1.165, 1.54) is 6.20 Å². The molecular weight excluding hydrogens is 462 g/mol. The molecule has 1 N–H and O–H groups in total. The van der Waals surface area contributed by atoms with Crippen LogP contribution < -0.4 is 24.4 Å². The lowest BCUT2D eigenvalue weighted by Gasteiger charge is -2.17. The van der Waals surface area contributed by atoms with Crippen LogP contribution in [-0.4, -0.2) is 29.9 Å². The van der Waals surface area contributed by atoms with Gasteiger partial charge >= 0.3 is 5.97 Å². The second kappa shape index (κ2) is 10.9. The van der Waals surface area contributed by atoms with E-state index < -0.39 is 11.4 Å². The largest absolute Gasteiger partial charge is 0.497 e. The Balaban J connectivity index is 1.73. The summed E-state index contributed by atoms with van der Waals surface area (Å²) in [7, 11) is 3.21. The first-order valence-electron chi connectivity index (χ1n) is 11.4. The van der Waals surface area contributed by atoms with Crippen molar-refractivity contribution in [1.29, 1.82) is 0 Å². The van der Waals surface area contributed by atoms with Gasteiger partial charge in [0.05, 0.1) is 25.1 Å². The average Bonchev–Trinajstić information content (AvgIpc) is 2.91. The zero-order valence-electron chi connectivity index (χ0n) is 20.3. The Morgan fingerprint density at radius 3 is 1.78 bits per heavy atom. The Morgan fingerprint density at radius 2 is 1.33 bits per heavy atom. The number of hydrogen-bond donors (Lipinski definition) is 1. The van der Waals surface area contributed by atoms with Crippen LogP contribution in [0, 0.1) is 0 Å². The minimum Gasteiger partial charge on any atom is -0.497 e. The quantitative estimate of drug-likeness (QED) is 0.339. The standard InChI is InChI=1S/C28H27NO7/c1-4-29-15-23(28(31)32)27(30)22-13-25(35-16-18-5-9-20(33-2)10-6-18)26(14-24(22)29)36-17-19-7-11-21(34-3)12-8-19/h5-15H,4,16-17H2,1-3H3,(H,31,32). The molecule has 186 valence electrons. The Kier molecular flexibility index (Phi) is 7.44. The summed E-state index contributed by atoms with van der Waals surface area (Å²) < 4.78 is 24.3. The molecule has 0 saturated heterocycles. The average molecular weight is 490 g/mol. The Morgan fingerprint density at radius 1 is 0.833 bits per heavy atom. The monoisotopic (exact) mass is 489 g/mol. The molecule has 0 amide bonds. The van der Waals surface area contributed by atoms with Crippen molar-refractivity contribution >= 4 is 16.9 Å². The number of nitrogens with zero attached hydrogens (tertiary/aromatic N) is 1. The molecule has 0 aliphatic carbocycles. The smallest absolute Gasteiger partial charge is 0.341 e. The Hall–Kier alpha value is -4.46. The summed E-state index contributed by atoms with van der Waals surface area (Å²) in [6.07, 6.45) is 1.36. The first kappa shape index (κ1) is 24.7. The van der Waals surface area contributed by atoms with Crippen LogP contribution in [0.5, 0.6) is 23.0 Å². The fourth-order valence-corrected chi connectivity index (χ4v) is 3.80. The summed E-state index contributed by atoms with van der Waals surface area (Å²) in [5, 5.41) is 9.77. The van der Waals surface area contributed by atoms with Crippen LogP contribution in [0.25, 0.3) is 10.9 Å². The van der Waals surface area contributed by atoms with Crippen LogP contribution in [0.2, 0.25) is 0 Å². The summed E-state index contributed by atoms with van der Waals surface area (Å²) in [6, 6.07) is 18.2. The minimum atomic E-state index is -1.27. The van der Waals surface area contributed by atoms with Crippen molar-refractivity contribution in [2.75, 3.05) is 14.2 Å². The highest BCUT2D eigenvalue weighted by Crippen LogP contribution is 2.33. The van der Waals surface area contributed by atoms with Crippen LogP contribution in [0.4, 0.5) is 0 Å². The maximum Gasteiger partial charge on any atom is 0.341 e. The Bertz CT molecular complexity index is 1420. The molecule has 0 spiro atoms. The first-order valence-corrected chi connectivity index (χ1v) is 11.4. The zero-order chi connectivity index (χ0) is 25.7. The number of carboxylic acids is 1. The fraction of sp³-hybridized carbons (Fsp3) is 0.214. The van der Waals surface area contributed by atoms with Crippen molar-refractivity contribution in [2.45, 2.75) is 26.7 Å². The second-order valence-corrected chi connectivity index (χ2v) is 8.05. The molecule has 0 aliphatic rings. The molecule has 8 heteroatoms. The second-order valence-electron chi connectivity index (χ2n) is 8.05. The summed E-state index contributed by atoms with van der Waals surface area (Å²) in [4.78, 5) is 24.6. The van der Waals surface area contributed by atoms with Crippen molar-refractivity contribution in [3.05, 3.63) is 93.8 Å². The molecule has 0 aliphatic heterocycles. The third-order valence-electron chi connectivity index (χ3n) is 5.82. The van der Waals surface area contributed by atoms with Gasteiger partial charge in [0.2, 0.25) is 5.43 Å². The molecule has 36 heavy (non-hydrogen) atoms. The fourth-order valence-electron chi connectivity index (χ4n) is 3.80. The molecule has 8 nitrogen and oxygen atoms in total. The normalized spacial score (nSPS) is 10.8. The number of carboxylic acid groups (broad SMARTS) is 1. The van der Waals surface area contributed by atoms with Gasteiger partial charge in [0, 0.05) is 18.8 Å². The minimum absolute atomic E-state index is 0.217. The van der Waals surface area contributed by atoms with Crippen molar-refractivity contribution in [3.8, 4) is 23.0 Å². The zero-order valence-corrected chi connectivity index (χ0v) is 20.3. The highest BCUT2D eigenvalue weighted by molar-refractivity contribution is 5.93. The highest BCUT2D eigenvalue weighted by atomic mass is 16.5. The molecular formula is C28H27NO7. The molecule has 4 rings (SSSR count). The van der Waals surface area contributed by atoms with E-state index in [0.717, 1.165) is 22.6 Å². The van der Waals surface area contributed by atoms with Gasteiger partial charge in [-0.25, -0.2) is 4.79 Å². The number of fused-ring (bicyclic) bond motifs is 1. The SMILES string of the molecule is CCn1cc(C(=O)O)c(=O)c2cc(OCc3ccc(OC)cc3)c(OCc3ccc(OC)cc3)cc21. The number of hydrogen-bond acceptors (Lipinski definition) is 6. The van der Waals surface area contributed by atoms with Gasteiger partial charge < -0.3 is 28.6 Å². The van der Waals surface area contributed by atoms with Gasteiger partial charge in [-0.1, -0.05) is 24.3 Å². The van der Waals surface area contributed by atoms with Gasteiger partial charge in [-0.2, -0.15) is 0 Å². The van der Waals surface area contributed by atoms with E-state index in [0.29, 0.717) is 23.6 Å². The number of benzene rings is 3. The van der Waals surface area contributed by atoms with Gasteiger partial charge in [-0.15, -0.1) is 0 Å². The predicted octanol–water partition coefficient (Wildman–Crippen LogP) is 4.89. The number of pyridine rings is 1. The van der Waals surface area contributed by atoms with E-state index in [9.17, 15) is 14.7 Å². The summed E-state index contributed by atoms with van der Waals surface area (Å²) in [5.74, 6) is 0.985. The molecule has 0 bridgehead atoms. The molecule has 1 aromatic heterocycles. The maximum absolute atomic E-state index is 13.0. The van der Waals surface area contributed by atoms with E-state index in [2.05, 4.69) is 0 Å². The number of carbonyl (C=O) groups is 1. The maximum atomic E-state index is 13.0. The highest BCUT2D eigenvalue weighted by Gasteiger charge is 2.18. The van der Waals surface area contributed by atoms with E-state index in [4.69, 9.17) is 18.9 Å². The van der Waals surface area contributed by atoms with Crippen LogP contribution in [0.1, 0.15) is 28.4 Å². The van der Waals surface area contributed by atoms with Gasteiger partial charge in [-0.3, -0.25) is 4.79 Å². The van der Waals surface area contributed by atoms with Gasteiger partial charge in [0.15, 0.2) is 11.5 Å². The molecule has 0 fully saturated rings. The topological polar surface area (TPSA) is 96.2 Å². The lowest BCUT2D eigenvalue weighted by Crippen LogP contribution is -2.19.